The van der Waals surface area contributed by atoms with Gasteiger partial charge in [0.05, 0.1) is 17.7 Å². The molecule has 0 unspecified atom stereocenters. The second kappa shape index (κ2) is 11.2. The first-order valence-electron chi connectivity index (χ1n) is 12.5. The van der Waals surface area contributed by atoms with Gasteiger partial charge >= 0.3 is 0 Å². The fraction of sp³-hybridized carbons (Fsp3) is 0.750. The monoisotopic (exact) mass is 495 g/mol. The van der Waals surface area contributed by atoms with Crippen LogP contribution in [-0.4, -0.2) is 51.8 Å². The van der Waals surface area contributed by atoms with Crippen LogP contribution in [0.1, 0.15) is 85.5 Å². The standard InChI is InChI=1S/C24H35F2N5O2S/c1-3-24(25,26)20-15-33-30-23(20)18-9-12-31(13-10-18)11-8-17-4-6-19(7-5-17)27-21(32)14-22-29-28-16(2)34-22/h15,17-19H,3-14H2,1-2H3,(H,27,32). The van der Waals surface area contributed by atoms with Crippen molar-refractivity contribution in [3.8, 4) is 0 Å². The summed E-state index contributed by atoms with van der Waals surface area (Å²) in [6.45, 7) is 6.24. The minimum absolute atomic E-state index is 0.0317. The molecule has 1 saturated carbocycles. The van der Waals surface area contributed by atoms with Gasteiger partial charge in [0.2, 0.25) is 5.91 Å². The van der Waals surface area contributed by atoms with Gasteiger partial charge in [-0.3, -0.25) is 4.79 Å². The van der Waals surface area contributed by atoms with E-state index in [0.29, 0.717) is 18.0 Å². The molecule has 2 fully saturated rings. The first-order valence-corrected chi connectivity index (χ1v) is 13.3. The predicted octanol–water partition coefficient (Wildman–Crippen LogP) is 4.82. The molecule has 188 valence electrons. The van der Waals surface area contributed by atoms with Gasteiger partial charge in [-0.05, 0) is 77.4 Å². The van der Waals surface area contributed by atoms with Crippen LogP contribution in [0.4, 0.5) is 8.78 Å². The van der Waals surface area contributed by atoms with E-state index in [-0.39, 0.29) is 29.9 Å². The molecule has 3 heterocycles. The number of piperidine rings is 1. The van der Waals surface area contributed by atoms with E-state index in [1.807, 2.05) is 6.92 Å². The van der Waals surface area contributed by atoms with Crippen molar-refractivity contribution in [3.63, 3.8) is 0 Å². The van der Waals surface area contributed by atoms with Crippen LogP contribution in [0.25, 0.3) is 0 Å². The molecule has 0 atom stereocenters. The minimum atomic E-state index is -2.87. The number of aromatic nitrogens is 3. The molecule has 1 aliphatic heterocycles. The molecule has 0 aromatic carbocycles. The van der Waals surface area contributed by atoms with Gasteiger partial charge in [-0.1, -0.05) is 12.1 Å². The number of amides is 1. The van der Waals surface area contributed by atoms with Gasteiger partial charge in [0.1, 0.15) is 16.3 Å². The van der Waals surface area contributed by atoms with E-state index in [9.17, 15) is 13.6 Å². The maximum atomic E-state index is 14.2. The molecule has 2 aliphatic rings. The van der Waals surface area contributed by atoms with Gasteiger partial charge in [0.15, 0.2) is 0 Å². The molecule has 2 aromatic heterocycles. The predicted molar refractivity (Wildman–Crippen MR) is 126 cm³/mol. The third kappa shape index (κ3) is 6.38. The van der Waals surface area contributed by atoms with Gasteiger partial charge in [-0.15, -0.1) is 21.5 Å². The summed E-state index contributed by atoms with van der Waals surface area (Å²) in [7, 11) is 0. The van der Waals surface area contributed by atoms with Crippen LogP contribution in [-0.2, 0) is 17.1 Å². The average Bonchev–Trinajstić information content (AvgIpc) is 3.48. The maximum Gasteiger partial charge on any atom is 0.277 e. The number of nitrogens with zero attached hydrogens (tertiary/aromatic N) is 4. The van der Waals surface area contributed by atoms with Crippen molar-refractivity contribution in [2.45, 2.75) is 89.5 Å². The van der Waals surface area contributed by atoms with E-state index in [4.69, 9.17) is 4.52 Å². The largest absolute Gasteiger partial charge is 0.364 e. The van der Waals surface area contributed by atoms with E-state index < -0.39 is 5.92 Å². The summed E-state index contributed by atoms with van der Waals surface area (Å²) in [6.07, 6.45) is 8.34. The molecule has 1 aliphatic carbocycles. The van der Waals surface area contributed by atoms with Crippen molar-refractivity contribution in [2.24, 2.45) is 5.92 Å². The smallest absolute Gasteiger partial charge is 0.277 e. The first-order chi connectivity index (χ1) is 16.3. The lowest BCUT2D eigenvalue weighted by atomic mass is 9.83. The van der Waals surface area contributed by atoms with E-state index in [0.717, 1.165) is 80.9 Å². The zero-order valence-electron chi connectivity index (χ0n) is 20.1. The highest BCUT2D eigenvalue weighted by Gasteiger charge is 2.37. The third-order valence-electron chi connectivity index (χ3n) is 7.36. The van der Waals surface area contributed by atoms with Crippen molar-refractivity contribution >= 4 is 17.2 Å². The van der Waals surface area contributed by atoms with Crippen molar-refractivity contribution in [3.05, 3.63) is 27.5 Å². The van der Waals surface area contributed by atoms with Gasteiger partial charge in [0, 0.05) is 18.4 Å². The lowest BCUT2D eigenvalue weighted by Gasteiger charge is -2.34. The molecule has 1 saturated heterocycles. The van der Waals surface area contributed by atoms with Crippen LogP contribution in [0.3, 0.4) is 0 Å². The Morgan fingerprint density at radius 2 is 1.94 bits per heavy atom. The summed E-state index contributed by atoms with van der Waals surface area (Å²) in [5.41, 5.74) is 0.420. The zero-order chi connectivity index (χ0) is 24.1. The number of rotatable bonds is 9. The summed E-state index contributed by atoms with van der Waals surface area (Å²) >= 11 is 1.47. The van der Waals surface area contributed by atoms with Crippen molar-refractivity contribution in [1.29, 1.82) is 0 Å². The Morgan fingerprint density at radius 3 is 2.59 bits per heavy atom. The van der Waals surface area contributed by atoms with Crippen LogP contribution in [0.2, 0.25) is 0 Å². The number of halogens is 2. The topological polar surface area (TPSA) is 84.2 Å². The fourth-order valence-electron chi connectivity index (χ4n) is 5.22. The Morgan fingerprint density at radius 1 is 1.21 bits per heavy atom. The number of carbonyl (C=O) groups is 1. The number of hydrogen-bond acceptors (Lipinski definition) is 7. The van der Waals surface area contributed by atoms with Gasteiger partial charge in [-0.25, -0.2) is 8.78 Å². The quantitative estimate of drug-likeness (QED) is 0.537. The normalized spacial score (nSPS) is 22.7. The zero-order valence-corrected chi connectivity index (χ0v) is 20.9. The van der Waals surface area contributed by atoms with E-state index in [1.165, 1.54) is 18.3 Å². The SMILES string of the molecule is CCC(F)(F)c1conc1C1CCN(CCC2CCC(NC(=O)Cc3nnc(C)s3)CC2)CC1. The highest BCUT2D eigenvalue weighted by atomic mass is 32.1. The highest BCUT2D eigenvalue weighted by Crippen LogP contribution is 2.39. The van der Waals surface area contributed by atoms with Crippen molar-refractivity contribution in [1.82, 2.24) is 25.6 Å². The highest BCUT2D eigenvalue weighted by molar-refractivity contribution is 7.11. The van der Waals surface area contributed by atoms with Crippen LogP contribution < -0.4 is 5.32 Å². The fourth-order valence-corrected chi connectivity index (χ4v) is 5.93. The van der Waals surface area contributed by atoms with Gasteiger partial charge in [-0.2, -0.15) is 0 Å². The number of alkyl halides is 2. The second-order valence-corrected chi connectivity index (χ2v) is 11.0. The summed E-state index contributed by atoms with van der Waals surface area (Å²) in [5, 5.41) is 16.8. The Hall–Kier alpha value is -1.94. The Kier molecular flexibility index (Phi) is 8.29. The molecule has 1 amide bonds. The molecule has 34 heavy (non-hydrogen) atoms. The number of likely N-dealkylation sites (tertiary alicyclic amines) is 1. The average molecular weight is 496 g/mol. The van der Waals surface area contributed by atoms with Crippen LogP contribution in [0, 0.1) is 12.8 Å². The lowest BCUT2D eigenvalue weighted by molar-refractivity contribution is -0.121. The summed E-state index contributed by atoms with van der Waals surface area (Å²) in [4.78, 5) is 14.7. The molecule has 0 bridgehead atoms. The van der Waals surface area contributed by atoms with Crippen LogP contribution in [0.15, 0.2) is 10.8 Å². The van der Waals surface area contributed by atoms with Crippen LogP contribution in [0.5, 0.6) is 0 Å². The summed E-state index contributed by atoms with van der Waals surface area (Å²) in [6, 6.07) is 0.256. The number of nitrogens with one attached hydrogen (secondary N) is 1. The molecule has 1 N–H and O–H groups in total. The minimum Gasteiger partial charge on any atom is -0.364 e. The second-order valence-electron chi connectivity index (χ2n) is 9.75. The van der Waals surface area contributed by atoms with Crippen molar-refractivity contribution in [2.75, 3.05) is 19.6 Å². The lowest BCUT2D eigenvalue weighted by Crippen LogP contribution is -2.39. The molecular formula is C24H35F2N5O2S. The first kappa shape index (κ1) is 25.2. The van der Waals surface area contributed by atoms with E-state index in [2.05, 4.69) is 25.6 Å². The Bertz CT molecular complexity index is 933. The Labute approximate surface area is 203 Å². The van der Waals surface area contributed by atoms with Gasteiger partial charge < -0.3 is 14.7 Å². The molecule has 2 aromatic rings. The van der Waals surface area contributed by atoms with Crippen molar-refractivity contribution < 1.29 is 18.1 Å². The maximum absolute atomic E-state index is 14.2. The van der Waals surface area contributed by atoms with Crippen LogP contribution >= 0.6 is 11.3 Å². The summed E-state index contributed by atoms with van der Waals surface area (Å²) < 4.78 is 33.3. The third-order valence-corrected chi connectivity index (χ3v) is 8.19. The molecule has 7 nitrogen and oxygen atoms in total. The Balaban J connectivity index is 1.14. The number of carbonyl (C=O) groups excluding carboxylic acids is 1. The van der Waals surface area contributed by atoms with E-state index >= 15 is 0 Å². The summed E-state index contributed by atoms with van der Waals surface area (Å²) in [5.74, 6) is -2.11. The number of hydrogen-bond donors (Lipinski definition) is 1. The molecular weight excluding hydrogens is 460 g/mol. The molecule has 0 spiro atoms. The number of aryl methyl sites for hydroxylation is 1. The van der Waals surface area contributed by atoms with E-state index in [1.54, 1.807) is 0 Å². The molecule has 4 rings (SSSR count). The van der Waals surface area contributed by atoms with Gasteiger partial charge in [0.25, 0.3) is 5.92 Å². The molecule has 0 radical (unpaired) electrons. The molecule has 10 heteroatoms.